The van der Waals surface area contributed by atoms with Crippen LogP contribution in [0.5, 0.6) is 0 Å². The molecule has 2 aliphatic rings. The van der Waals surface area contributed by atoms with E-state index in [1.54, 1.807) is 0 Å². The first kappa shape index (κ1) is 11.2. The van der Waals surface area contributed by atoms with E-state index < -0.39 is 0 Å². The molecule has 5 heteroatoms. The summed E-state index contributed by atoms with van der Waals surface area (Å²) in [7, 11) is 0. The van der Waals surface area contributed by atoms with Crippen molar-refractivity contribution in [2.75, 3.05) is 13.1 Å². The molecule has 0 unspecified atom stereocenters. The van der Waals surface area contributed by atoms with Crippen molar-refractivity contribution < 1.29 is 0 Å². The molecule has 1 aliphatic heterocycles. The molecule has 0 saturated heterocycles. The Bertz CT molecular complexity index is 380. The number of nitrogens with two attached hydrogens (primary N) is 1. The van der Waals surface area contributed by atoms with Crippen LogP contribution in [0.3, 0.4) is 0 Å². The van der Waals surface area contributed by atoms with Gasteiger partial charge in [0.15, 0.2) is 0 Å². The maximum absolute atomic E-state index is 6.50. The van der Waals surface area contributed by atoms with Crippen LogP contribution in [0.4, 0.5) is 0 Å². The molecule has 0 radical (unpaired) electrons. The molecule has 0 amide bonds. The van der Waals surface area contributed by atoms with Crippen molar-refractivity contribution in [2.24, 2.45) is 5.73 Å². The van der Waals surface area contributed by atoms with E-state index in [0.29, 0.717) is 0 Å². The van der Waals surface area contributed by atoms with Crippen LogP contribution in [0.25, 0.3) is 0 Å². The largest absolute Gasteiger partial charge is 0.324 e. The second-order valence-corrected chi connectivity index (χ2v) is 5.57. The maximum Gasteiger partial charge on any atom is 0.147 e. The van der Waals surface area contributed by atoms with Crippen molar-refractivity contribution in [2.45, 2.75) is 50.7 Å². The third kappa shape index (κ3) is 2.35. The number of hydrogen-bond donors (Lipinski definition) is 1. The predicted molar refractivity (Wildman–Crippen MR) is 65.3 cm³/mol. The molecule has 1 aromatic rings. The summed E-state index contributed by atoms with van der Waals surface area (Å²) in [6, 6.07) is 0. The molecule has 17 heavy (non-hydrogen) atoms. The normalized spacial score (nSPS) is 24.5. The van der Waals surface area contributed by atoms with E-state index in [4.69, 9.17) is 5.73 Å². The average molecular weight is 235 g/mol. The Balaban J connectivity index is 1.63. The highest BCUT2D eigenvalue weighted by Crippen LogP contribution is 2.27. The van der Waals surface area contributed by atoms with Gasteiger partial charge in [-0.2, -0.15) is 0 Å². The van der Waals surface area contributed by atoms with Crippen molar-refractivity contribution in [1.29, 1.82) is 0 Å². The van der Waals surface area contributed by atoms with E-state index in [0.717, 1.165) is 32.0 Å². The fraction of sp³-hybridized carbons (Fsp3) is 0.833. The topological polar surface area (TPSA) is 60.0 Å². The van der Waals surface area contributed by atoms with Gasteiger partial charge in [-0.25, -0.2) is 0 Å². The minimum Gasteiger partial charge on any atom is -0.324 e. The van der Waals surface area contributed by atoms with E-state index >= 15 is 0 Å². The van der Waals surface area contributed by atoms with Crippen molar-refractivity contribution in [3.8, 4) is 0 Å². The smallest absolute Gasteiger partial charge is 0.147 e. The molecule has 0 bridgehead atoms. The summed E-state index contributed by atoms with van der Waals surface area (Å²) in [5, 5.41) is 8.11. The molecule has 0 aromatic carbocycles. The summed E-state index contributed by atoms with van der Waals surface area (Å²) in [6.45, 7) is 3.99. The van der Waals surface area contributed by atoms with Crippen LogP contribution in [0.2, 0.25) is 0 Å². The minimum absolute atomic E-state index is 0.0421. The van der Waals surface area contributed by atoms with Gasteiger partial charge in [0.05, 0.1) is 6.54 Å². The van der Waals surface area contributed by atoms with E-state index in [-0.39, 0.29) is 5.54 Å². The number of aromatic nitrogens is 3. The summed E-state index contributed by atoms with van der Waals surface area (Å²) >= 11 is 0. The molecule has 0 spiro atoms. The highest BCUT2D eigenvalue weighted by atomic mass is 15.3. The molecule has 0 atom stereocenters. The zero-order valence-electron chi connectivity index (χ0n) is 10.3. The van der Waals surface area contributed by atoms with Crippen molar-refractivity contribution in [3.63, 3.8) is 0 Å². The molecule has 1 aliphatic carbocycles. The van der Waals surface area contributed by atoms with E-state index in [1.807, 2.05) is 6.33 Å². The van der Waals surface area contributed by atoms with E-state index in [1.165, 1.54) is 32.1 Å². The van der Waals surface area contributed by atoms with Crippen LogP contribution >= 0.6 is 0 Å². The zero-order chi connectivity index (χ0) is 11.7. The van der Waals surface area contributed by atoms with E-state index in [9.17, 15) is 0 Å². The van der Waals surface area contributed by atoms with Crippen LogP contribution in [-0.2, 0) is 13.1 Å². The van der Waals surface area contributed by atoms with Gasteiger partial charge in [0.25, 0.3) is 0 Å². The lowest BCUT2D eigenvalue weighted by molar-refractivity contribution is 0.143. The minimum atomic E-state index is 0.0421. The Morgan fingerprint density at radius 3 is 2.88 bits per heavy atom. The molecule has 94 valence electrons. The summed E-state index contributed by atoms with van der Waals surface area (Å²) in [5.41, 5.74) is 6.54. The highest BCUT2D eigenvalue weighted by molar-refractivity contribution is 4.95. The lowest BCUT2D eigenvalue weighted by Crippen LogP contribution is -2.52. The van der Waals surface area contributed by atoms with Crippen LogP contribution in [0, 0.1) is 0 Å². The summed E-state index contributed by atoms with van der Waals surface area (Å²) in [5.74, 6) is 1.08. The Morgan fingerprint density at radius 1 is 1.24 bits per heavy atom. The van der Waals surface area contributed by atoms with Crippen LogP contribution in [0.15, 0.2) is 6.33 Å². The first-order chi connectivity index (χ1) is 8.25. The first-order valence-electron chi connectivity index (χ1n) is 6.63. The first-order valence-corrected chi connectivity index (χ1v) is 6.63. The number of hydrogen-bond acceptors (Lipinski definition) is 4. The van der Waals surface area contributed by atoms with Crippen LogP contribution < -0.4 is 5.73 Å². The number of rotatable bonds is 2. The zero-order valence-corrected chi connectivity index (χ0v) is 10.3. The molecule has 1 fully saturated rings. The average Bonchev–Trinajstić information content (AvgIpc) is 2.76. The molecular weight excluding hydrogens is 214 g/mol. The molecule has 2 heterocycles. The van der Waals surface area contributed by atoms with Crippen molar-refractivity contribution in [1.82, 2.24) is 19.7 Å². The molecule has 5 nitrogen and oxygen atoms in total. The van der Waals surface area contributed by atoms with Gasteiger partial charge in [-0.1, -0.05) is 19.3 Å². The lowest BCUT2D eigenvalue weighted by Gasteiger charge is -2.39. The fourth-order valence-electron chi connectivity index (χ4n) is 3.11. The molecule has 1 saturated carbocycles. The Morgan fingerprint density at radius 2 is 2.06 bits per heavy atom. The third-order valence-corrected chi connectivity index (χ3v) is 4.11. The molecular formula is C12H21N5. The van der Waals surface area contributed by atoms with Crippen molar-refractivity contribution in [3.05, 3.63) is 12.2 Å². The molecule has 1 aromatic heterocycles. The second kappa shape index (κ2) is 4.38. The van der Waals surface area contributed by atoms with Gasteiger partial charge in [-0.15, -0.1) is 10.2 Å². The lowest BCUT2D eigenvalue weighted by atomic mass is 9.82. The number of fused-ring (bicyclic) bond motifs is 1. The summed E-state index contributed by atoms with van der Waals surface area (Å²) < 4.78 is 2.14. The molecule has 2 N–H and O–H groups in total. The van der Waals surface area contributed by atoms with Gasteiger partial charge >= 0.3 is 0 Å². The number of nitrogens with zero attached hydrogens (tertiary/aromatic N) is 4. The molecule has 3 rings (SSSR count). The third-order valence-electron chi connectivity index (χ3n) is 4.11. The second-order valence-electron chi connectivity index (χ2n) is 5.57. The van der Waals surface area contributed by atoms with E-state index in [2.05, 4.69) is 19.7 Å². The van der Waals surface area contributed by atoms with Gasteiger partial charge < -0.3 is 10.3 Å². The maximum atomic E-state index is 6.50. The van der Waals surface area contributed by atoms with Gasteiger partial charge in [-0.3, -0.25) is 4.90 Å². The predicted octanol–water partition coefficient (Wildman–Crippen LogP) is 0.755. The quantitative estimate of drug-likeness (QED) is 0.822. The standard InChI is InChI=1S/C12H21N5/c13-12(4-2-1-3-5-12)9-16-6-7-17-10-14-15-11(17)8-16/h10H,1-9,13H2. The Hall–Kier alpha value is -0.940. The van der Waals surface area contributed by atoms with Crippen LogP contribution in [0.1, 0.15) is 37.9 Å². The SMILES string of the molecule is NC1(CN2CCn3cnnc3C2)CCCCC1. The summed E-state index contributed by atoms with van der Waals surface area (Å²) in [4.78, 5) is 2.44. The van der Waals surface area contributed by atoms with Gasteiger partial charge in [0, 0.05) is 25.2 Å². The van der Waals surface area contributed by atoms with Gasteiger partial charge in [0.1, 0.15) is 12.2 Å². The summed E-state index contributed by atoms with van der Waals surface area (Å²) in [6.07, 6.45) is 8.12. The Labute approximate surface area is 102 Å². The monoisotopic (exact) mass is 235 g/mol. The highest BCUT2D eigenvalue weighted by Gasteiger charge is 2.31. The fourth-order valence-corrected chi connectivity index (χ4v) is 3.11. The Kier molecular flexibility index (Phi) is 2.88. The van der Waals surface area contributed by atoms with Gasteiger partial charge in [0.2, 0.25) is 0 Å². The van der Waals surface area contributed by atoms with Crippen LogP contribution in [-0.4, -0.2) is 38.3 Å². The van der Waals surface area contributed by atoms with Gasteiger partial charge in [-0.05, 0) is 12.8 Å². The van der Waals surface area contributed by atoms with Crippen molar-refractivity contribution >= 4 is 0 Å².